The molecule has 0 aliphatic carbocycles. The summed E-state index contributed by atoms with van der Waals surface area (Å²) in [6.07, 6.45) is 0.832. The summed E-state index contributed by atoms with van der Waals surface area (Å²) >= 11 is 5.86. The van der Waals surface area contributed by atoms with E-state index in [9.17, 15) is 9.59 Å². The molecule has 1 aromatic heterocycles. The fourth-order valence-electron chi connectivity index (χ4n) is 1.90. The number of nitrogens with zero attached hydrogens (tertiary/aromatic N) is 2. The normalized spacial score (nSPS) is 12.0. The fraction of sp³-hybridized carbons (Fsp3) is 0.312. The van der Waals surface area contributed by atoms with E-state index >= 15 is 0 Å². The van der Waals surface area contributed by atoms with Crippen molar-refractivity contribution in [3.05, 3.63) is 51.8 Å². The minimum atomic E-state index is -0.308. The van der Waals surface area contributed by atoms with Crippen LogP contribution in [0.5, 0.6) is 0 Å². The van der Waals surface area contributed by atoms with Crippen molar-refractivity contribution >= 4 is 17.5 Å². The number of rotatable bonds is 5. The van der Waals surface area contributed by atoms with Gasteiger partial charge < -0.3 is 5.32 Å². The van der Waals surface area contributed by atoms with Gasteiger partial charge in [-0.2, -0.15) is 5.10 Å². The van der Waals surface area contributed by atoms with Gasteiger partial charge in [0.05, 0.1) is 5.69 Å². The third kappa shape index (κ3) is 4.18. The summed E-state index contributed by atoms with van der Waals surface area (Å²) in [6.45, 7) is 3.80. The number of hydrogen-bond donors (Lipinski definition) is 1. The van der Waals surface area contributed by atoms with Gasteiger partial charge in [0.2, 0.25) is 5.91 Å². The van der Waals surface area contributed by atoms with Crippen LogP contribution in [0.1, 0.15) is 20.3 Å². The highest BCUT2D eigenvalue weighted by atomic mass is 35.5. The molecular formula is C16H18ClN3O2. The Kier molecular flexibility index (Phi) is 5.33. The van der Waals surface area contributed by atoms with E-state index in [1.165, 1.54) is 10.7 Å². The minimum Gasteiger partial charge on any atom is -0.352 e. The van der Waals surface area contributed by atoms with Gasteiger partial charge in [-0.15, -0.1) is 0 Å². The molecule has 0 fully saturated rings. The first-order valence-corrected chi connectivity index (χ1v) is 7.51. The molecular weight excluding hydrogens is 302 g/mol. The first-order valence-electron chi connectivity index (χ1n) is 7.13. The summed E-state index contributed by atoms with van der Waals surface area (Å²) in [6, 6.07) is 10.3. The lowest BCUT2D eigenvalue weighted by atomic mass is 10.1. The van der Waals surface area contributed by atoms with E-state index in [0.29, 0.717) is 10.7 Å². The predicted molar refractivity (Wildman–Crippen MR) is 86.8 cm³/mol. The third-order valence-corrected chi connectivity index (χ3v) is 3.57. The standard InChI is InChI=1S/C16H18ClN3O2/c1-3-11(2)18-15(21)10-20-16(22)9-8-14(19-20)12-4-6-13(17)7-5-12/h4-9,11H,3,10H2,1-2H3,(H,18,21)/t11-/m1/s1. The van der Waals surface area contributed by atoms with Gasteiger partial charge in [-0.25, -0.2) is 4.68 Å². The Morgan fingerprint density at radius 2 is 1.95 bits per heavy atom. The number of aromatic nitrogens is 2. The molecule has 1 N–H and O–H groups in total. The first kappa shape index (κ1) is 16.2. The van der Waals surface area contributed by atoms with Gasteiger partial charge in [0, 0.05) is 22.7 Å². The Hall–Kier alpha value is -2.14. The molecule has 0 aliphatic rings. The Morgan fingerprint density at radius 3 is 2.59 bits per heavy atom. The molecule has 0 unspecified atom stereocenters. The van der Waals surface area contributed by atoms with E-state index in [2.05, 4.69) is 10.4 Å². The van der Waals surface area contributed by atoms with Crippen molar-refractivity contribution in [1.82, 2.24) is 15.1 Å². The van der Waals surface area contributed by atoms with Crippen LogP contribution in [0.2, 0.25) is 5.02 Å². The Bertz CT molecular complexity index is 710. The molecule has 5 nitrogen and oxygen atoms in total. The summed E-state index contributed by atoms with van der Waals surface area (Å²) in [4.78, 5) is 23.7. The van der Waals surface area contributed by atoms with Gasteiger partial charge in [-0.05, 0) is 31.5 Å². The molecule has 0 aliphatic heterocycles. The number of carbonyl (C=O) groups excluding carboxylic acids is 1. The zero-order valence-corrected chi connectivity index (χ0v) is 13.3. The molecule has 1 aromatic carbocycles. The molecule has 2 aromatic rings. The molecule has 2 rings (SSSR count). The SMILES string of the molecule is CC[C@@H](C)NC(=O)Cn1nc(-c2ccc(Cl)cc2)ccc1=O. The predicted octanol–water partition coefficient (Wildman–Crippen LogP) is 2.48. The van der Waals surface area contributed by atoms with Gasteiger partial charge in [0.1, 0.15) is 6.54 Å². The molecule has 0 spiro atoms. The maximum atomic E-state index is 11.9. The largest absolute Gasteiger partial charge is 0.352 e. The summed E-state index contributed by atoms with van der Waals surface area (Å²) in [5.74, 6) is -0.225. The highest BCUT2D eigenvalue weighted by Gasteiger charge is 2.09. The number of carbonyl (C=O) groups is 1. The molecule has 1 atom stereocenters. The van der Waals surface area contributed by atoms with Crippen LogP contribution in [0, 0.1) is 0 Å². The van der Waals surface area contributed by atoms with Crippen molar-refractivity contribution < 1.29 is 4.79 Å². The number of nitrogens with one attached hydrogen (secondary N) is 1. The van der Waals surface area contributed by atoms with Crippen LogP contribution in [-0.4, -0.2) is 21.7 Å². The van der Waals surface area contributed by atoms with E-state index in [0.717, 1.165) is 12.0 Å². The van der Waals surface area contributed by atoms with Gasteiger partial charge in [0.25, 0.3) is 5.56 Å². The van der Waals surface area contributed by atoms with E-state index < -0.39 is 0 Å². The smallest absolute Gasteiger partial charge is 0.267 e. The van der Waals surface area contributed by atoms with Crippen molar-refractivity contribution in [2.75, 3.05) is 0 Å². The van der Waals surface area contributed by atoms with E-state index in [4.69, 9.17) is 11.6 Å². The van der Waals surface area contributed by atoms with E-state index in [1.807, 2.05) is 26.0 Å². The maximum Gasteiger partial charge on any atom is 0.267 e. The van der Waals surface area contributed by atoms with E-state index in [-0.39, 0.29) is 24.1 Å². The fourth-order valence-corrected chi connectivity index (χ4v) is 2.02. The van der Waals surface area contributed by atoms with Crippen LogP contribution < -0.4 is 10.9 Å². The monoisotopic (exact) mass is 319 g/mol. The molecule has 0 radical (unpaired) electrons. The molecule has 0 bridgehead atoms. The van der Waals surface area contributed by atoms with Crippen molar-refractivity contribution in [1.29, 1.82) is 0 Å². The van der Waals surface area contributed by atoms with Crippen LogP contribution in [0.15, 0.2) is 41.2 Å². The summed E-state index contributed by atoms with van der Waals surface area (Å²) in [7, 11) is 0. The molecule has 0 saturated heterocycles. The van der Waals surface area contributed by atoms with Crippen LogP contribution in [0.25, 0.3) is 11.3 Å². The number of hydrogen-bond acceptors (Lipinski definition) is 3. The lowest BCUT2D eigenvalue weighted by Gasteiger charge is -2.12. The van der Waals surface area contributed by atoms with Crippen LogP contribution in [-0.2, 0) is 11.3 Å². The van der Waals surface area contributed by atoms with Gasteiger partial charge in [0.15, 0.2) is 0 Å². The number of benzene rings is 1. The van der Waals surface area contributed by atoms with Crippen molar-refractivity contribution in [2.45, 2.75) is 32.9 Å². The molecule has 0 saturated carbocycles. The minimum absolute atomic E-state index is 0.0719. The van der Waals surface area contributed by atoms with Gasteiger partial charge in [-0.3, -0.25) is 9.59 Å². The zero-order chi connectivity index (χ0) is 16.1. The average Bonchev–Trinajstić information content (AvgIpc) is 2.50. The second-order valence-corrected chi connectivity index (χ2v) is 5.53. The highest BCUT2D eigenvalue weighted by molar-refractivity contribution is 6.30. The van der Waals surface area contributed by atoms with Crippen molar-refractivity contribution in [2.24, 2.45) is 0 Å². The highest BCUT2D eigenvalue weighted by Crippen LogP contribution is 2.18. The first-order chi connectivity index (χ1) is 10.5. The molecule has 1 amide bonds. The molecule has 6 heteroatoms. The second kappa shape index (κ2) is 7.22. The lowest BCUT2D eigenvalue weighted by Crippen LogP contribution is -2.37. The third-order valence-electron chi connectivity index (χ3n) is 3.32. The summed E-state index contributed by atoms with van der Waals surface area (Å²) in [5.41, 5.74) is 1.14. The molecule has 116 valence electrons. The van der Waals surface area contributed by atoms with Crippen molar-refractivity contribution in [3.63, 3.8) is 0 Å². The lowest BCUT2D eigenvalue weighted by molar-refractivity contribution is -0.122. The van der Waals surface area contributed by atoms with Gasteiger partial charge >= 0.3 is 0 Å². The summed E-state index contributed by atoms with van der Waals surface area (Å²) in [5, 5.41) is 7.69. The molecule has 1 heterocycles. The van der Waals surface area contributed by atoms with Crippen LogP contribution >= 0.6 is 11.6 Å². The van der Waals surface area contributed by atoms with Crippen molar-refractivity contribution in [3.8, 4) is 11.3 Å². The average molecular weight is 320 g/mol. The second-order valence-electron chi connectivity index (χ2n) is 5.10. The van der Waals surface area contributed by atoms with Gasteiger partial charge in [-0.1, -0.05) is 30.7 Å². The number of halogens is 1. The zero-order valence-electron chi connectivity index (χ0n) is 12.5. The quantitative estimate of drug-likeness (QED) is 0.921. The van der Waals surface area contributed by atoms with E-state index in [1.54, 1.807) is 18.2 Å². The Balaban J connectivity index is 2.22. The molecule has 22 heavy (non-hydrogen) atoms. The summed E-state index contributed by atoms with van der Waals surface area (Å²) < 4.78 is 1.17. The Labute approximate surface area is 133 Å². The van der Waals surface area contributed by atoms with Crippen LogP contribution in [0.3, 0.4) is 0 Å². The number of amides is 1. The van der Waals surface area contributed by atoms with Crippen LogP contribution in [0.4, 0.5) is 0 Å². The topological polar surface area (TPSA) is 64.0 Å². The Morgan fingerprint density at radius 1 is 1.27 bits per heavy atom. The maximum absolute atomic E-state index is 11.9.